The first kappa shape index (κ1) is 91.9. The van der Waals surface area contributed by atoms with Gasteiger partial charge >= 0.3 is 23.9 Å². The Hall–Kier alpha value is -3.84. The van der Waals surface area contributed by atoms with E-state index in [1.807, 2.05) is 88.3 Å². The van der Waals surface area contributed by atoms with Gasteiger partial charge in [0.25, 0.3) is 0 Å². The largest absolute Gasteiger partial charge is 0.481 e. The fraction of sp³-hybridized carbons (Fsp3) is 0.829. The zero-order valence-electron chi connectivity index (χ0n) is 58.0. The van der Waals surface area contributed by atoms with Crippen LogP contribution in [0.4, 0.5) is 0 Å². The van der Waals surface area contributed by atoms with Gasteiger partial charge in [-0.3, -0.25) is 24.0 Å². The molecule has 17 nitrogen and oxygen atoms in total. The van der Waals surface area contributed by atoms with Crippen molar-refractivity contribution in [3.63, 3.8) is 0 Å². The molecule has 17 heteroatoms. The Morgan fingerprint density at radius 1 is 0.356 bits per heavy atom. The highest BCUT2D eigenvalue weighted by atomic mass is 16.5. The van der Waals surface area contributed by atoms with E-state index in [1.54, 1.807) is 19.1 Å². The van der Waals surface area contributed by atoms with Crippen LogP contribution in [0.25, 0.3) is 0 Å². The van der Waals surface area contributed by atoms with E-state index in [0.717, 1.165) is 83.5 Å². The van der Waals surface area contributed by atoms with E-state index in [0.29, 0.717) is 135 Å². The average molecular weight is 1250 g/mol. The number of hydrogen-bond donors (Lipinski definition) is 3. The predicted octanol–water partition coefficient (Wildman–Crippen LogP) is 15.8. The van der Waals surface area contributed by atoms with Crippen LogP contribution < -0.4 is 0 Å². The van der Waals surface area contributed by atoms with E-state index in [2.05, 4.69) is 20.8 Å². The van der Waals surface area contributed by atoms with Crippen molar-refractivity contribution in [1.82, 2.24) is 0 Å². The molecule has 6 atom stereocenters. The first-order valence-electron chi connectivity index (χ1n) is 33.7. The lowest BCUT2D eigenvalue weighted by Crippen LogP contribution is -2.15. The number of carboxylic acids is 2. The average Bonchev–Trinajstić information content (AvgIpc) is 3.61. The maximum Gasteiger partial charge on any atom is 0.335 e. The molecular weight excluding hydrogens is 1110 g/mol. The minimum Gasteiger partial charge on any atom is -0.481 e. The summed E-state index contributed by atoms with van der Waals surface area (Å²) in [6.45, 7) is 39.0. The van der Waals surface area contributed by atoms with Crippen LogP contribution in [-0.2, 0) is 61.9 Å². The number of carboxylic acid groups (broad SMARTS) is 2. The highest BCUT2D eigenvalue weighted by Gasteiger charge is 2.13. The third-order valence-electron chi connectivity index (χ3n) is 14.4. The molecule has 1 aromatic rings. The predicted molar refractivity (Wildman–Crippen MR) is 352 cm³/mol. The fourth-order valence-electron chi connectivity index (χ4n) is 6.79. The van der Waals surface area contributed by atoms with Crippen molar-refractivity contribution in [2.24, 2.45) is 29.6 Å². The smallest absolute Gasteiger partial charge is 0.335 e. The number of aliphatic carboxylic acids is 1. The highest BCUT2D eigenvalue weighted by Crippen LogP contribution is 2.19. The molecule has 0 saturated heterocycles. The molecule has 514 valence electrons. The lowest BCUT2D eigenvalue weighted by molar-refractivity contribution is -0.149. The number of benzene rings is 1. The summed E-state index contributed by atoms with van der Waals surface area (Å²) < 4.78 is 43.5. The number of esters is 2. The zero-order chi connectivity index (χ0) is 66.7. The molecule has 0 saturated carbocycles. The van der Waals surface area contributed by atoms with E-state index in [9.17, 15) is 28.8 Å². The van der Waals surface area contributed by atoms with Gasteiger partial charge in [0.05, 0.1) is 36.5 Å². The van der Waals surface area contributed by atoms with E-state index >= 15 is 0 Å². The molecule has 0 amide bonds. The van der Waals surface area contributed by atoms with Gasteiger partial charge in [-0.15, -0.1) is 0 Å². The number of carbonyl (C=O) groups excluding carboxylic acids is 4. The summed E-state index contributed by atoms with van der Waals surface area (Å²) in [5.41, 5.74) is 1.56. The van der Waals surface area contributed by atoms with Gasteiger partial charge in [-0.25, -0.2) is 4.79 Å². The summed E-state index contributed by atoms with van der Waals surface area (Å²) >= 11 is 0. The minimum absolute atomic E-state index is 0.0278. The van der Waals surface area contributed by atoms with E-state index in [-0.39, 0.29) is 48.1 Å². The molecule has 0 aromatic heterocycles. The van der Waals surface area contributed by atoms with E-state index in [1.165, 1.54) is 44.1 Å². The Bertz CT molecular complexity index is 1650. The van der Waals surface area contributed by atoms with Crippen molar-refractivity contribution >= 4 is 35.4 Å². The summed E-state index contributed by atoms with van der Waals surface area (Å²) in [5.74, 6) is -0.0561. The first-order chi connectivity index (χ1) is 41.7. The summed E-state index contributed by atoms with van der Waals surface area (Å²) in [7, 11) is 0. The maximum atomic E-state index is 11.5. The third-order valence-corrected chi connectivity index (χ3v) is 14.4. The number of ether oxygens (including phenoxy) is 8. The van der Waals surface area contributed by atoms with Gasteiger partial charge in [0.1, 0.15) is 11.6 Å². The van der Waals surface area contributed by atoms with Gasteiger partial charge in [0.15, 0.2) is 0 Å². The second kappa shape index (κ2) is 71.2. The molecule has 0 radical (unpaired) electrons. The number of aromatic carboxylic acids is 1. The summed E-state index contributed by atoms with van der Waals surface area (Å²) in [4.78, 5) is 64.8. The Kier molecular flexibility index (Phi) is 75.2. The molecule has 3 N–H and O–H groups in total. The minimum atomic E-state index is -0.865. The highest BCUT2D eigenvalue weighted by molar-refractivity contribution is 5.87. The van der Waals surface area contributed by atoms with E-state index in [4.69, 9.17) is 53.2 Å². The quantitative estimate of drug-likeness (QED) is 0.0406. The monoisotopic (exact) mass is 1240 g/mol. The topological polar surface area (TPSA) is 237 Å². The lowest BCUT2D eigenvalue weighted by Gasteiger charge is -2.09. The van der Waals surface area contributed by atoms with Crippen LogP contribution in [0.15, 0.2) is 24.3 Å². The molecule has 0 aliphatic rings. The van der Waals surface area contributed by atoms with Crippen LogP contribution >= 0.6 is 0 Å². The first-order valence-corrected chi connectivity index (χ1v) is 33.7. The van der Waals surface area contributed by atoms with Crippen molar-refractivity contribution in [2.45, 2.75) is 251 Å². The Morgan fingerprint density at radius 3 is 0.908 bits per heavy atom. The van der Waals surface area contributed by atoms with Gasteiger partial charge in [0, 0.05) is 117 Å². The Labute approximate surface area is 530 Å². The van der Waals surface area contributed by atoms with Gasteiger partial charge < -0.3 is 53.2 Å². The SMILES string of the molecule is CCC(=O)C(C)CC.CCC(=O)C(C)CC.CCC(C)C(=O)O.CCC(C)C(=O)OCCCOCCCOCCCOCCCOCCCOCCCOCCCO.CCC(C)c1ccc(C(=O)O)cc1.CCCCCCCCCOC(=O)C(C)CC. The molecular formula is C70H132O17. The van der Waals surface area contributed by atoms with Crippen LogP contribution in [0.3, 0.4) is 0 Å². The molecule has 0 fully saturated rings. The molecule has 0 aliphatic heterocycles. The summed E-state index contributed by atoms with van der Waals surface area (Å²) in [6, 6.07) is 7.09. The number of aliphatic hydroxyl groups excluding tert-OH is 1. The summed E-state index contributed by atoms with van der Waals surface area (Å²) in [5, 5.41) is 25.5. The molecule has 0 aliphatic carbocycles. The number of Topliss-reactive ketones (excluding diaryl/α,β-unsaturated/α-hetero) is 2. The molecule has 0 heterocycles. The molecule has 0 spiro atoms. The van der Waals surface area contributed by atoms with Crippen LogP contribution in [0.5, 0.6) is 0 Å². The van der Waals surface area contributed by atoms with Crippen LogP contribution in [0.2, 0.25) is 0 Å². The van der Waals surface area contributed by atoms with Gasteiger partial charge in [-0.05, 0) is 107 Å². The van der Waals surface area contributed by atoms with Gasteiger partial charge in [-0.2, -0.15) is 0 Å². The number of ketones is 2. The standard InChI is InChI=1S/C26H52O9.C14H28O2.C11H14O2.2C7H14O.C5H10O2/c1-3-25(2)26(28)35-24-10-23-34-22-9-21-33-20-8-19-32-18-7-17-31-16-6-15-30-14-5-13-29-12-4-11-27;1-4-6-7-8-9-10-11-12-16-14(15)13(3)5-2;1-3-8(2)9-4-6-10(7-5-9)11(12)13;2*1-4-6(3)7(8)5-2;1-3-4(2)5(6)7/h25,27H,3-24H2,1-2H3;13H,4-12H2,1-3H3;4-8H,3H2,1-2H3,(H,12,13);2*6H,4-5H2,1-3H3;4H,3H2,1-2H3,(H,6,7). The van der Waals surface area contributed by atoms with Crippen molar-refractivity contribution in [1.29, 1.82) is 0 Å². The van der Waals surface area contributed by atoms with Crippen LogP contribution in [-0.4, -0.2) is 150 Å². The number of unbranched alkanes of at least 4 members (excludes halogenated alkanes) is 6. The third kappa shape index (κ3) is 66.4. The summed E-state index contributed by atoms with van der Waals surface area (Å²) in [6.07, 6.45) is 21.4. The normalized spacial score (nSPS) is 12.6. The van der Waals surface area contributed by atoms with Crippen molar-refractivity contribution in [3.05, 3.63) is 35.4 Å². The van der Waals surface area contributed by atoms with Crippen LogP contribution in [0.1, 0.15) is 267 Å². The molecule has 1 rings (SSSR count). The van der Waals surface area contributed by atoms with Gasteiger partial charge in [-0.1, -0.05) is 155 Å². The number of rotatable bonds is 50. The molecule has 1 aromatic carbocycles. The number of hydrogen-bond acceptors (Lipinski definition) is 15. The second-order valence-electron chi connectivity index (χ2n) is 22.1. The van der Waals surface area contributed by atoms with Crippen LogP contribution in [0, 0.1) is 29.6 Å². The lowest BCUT2D eigenvalue weighted by atomic mass is 9.98. The van der Waals surface area contributed by atoms with Crippen molar-refractivity contribution < 1.29 is 82.0 Å². The number of aliphatic hydroxyl groups is 1. The molecule has 87 heavy (non-hydrogen) atoms. The maximum absolute atomic E-state index is 11.5. The molecule has 6 unspecified atom stereocenters. The van der Waals surface area contributed by atoms with Gasteiger partial charge in [0.2, 0.25) is 0 Å². The van der Waals surface area contributed by atoms with Crippen molar-refractivity contribution in [3.8, 4) is 0 Å². The number of carbonyl (C=O) groups is 6. The Balaban J connectivity index is -0.000000353. The van der Waals surface area contributed by atoms with Crippen molar-refractivity contribution in [2.75, 3.05) is 99.1 Å². The second-order valence-corrected chi connectivity index (χ2v) is 22.1. The van der Waals surface area contributed by atoms with E-state index < -0.39 is 11.9 Å². The zero-order valence-corrected chi connectivity index (χ0v) is 58.0. The fourth-order valence-corrected chi connectivity index (χ4v) is 6.79. The molecule has 0 bridgehead atoms. The Morgan fingerprint density at radius 2 is 0.655 bits per heavy atom.